The predicted molar refractivity (Wildman–Crippen MR) is 71.6 cm³/mol. The first-order valence-electron chi connectivity index (χ1n) is 5.87. The Morgan fingerprint density at radius 1 is 1.41 bits per heavy atom. The van der Waals surface area contributed by atoms with Crippen LogP contribution in [0.3, 0.4) is 0 Å². The summed E-state index contributed by atoms with van der Waals surface area (Å²) in [5.74, 6) is -0.727. The summed E-state index contributed by atoms with van der Waals surface area (Å²) in [6.45, 7) is 7.91. The van der Waals surface area contributed by atoms with E-state index < -0.39 is 5.97 Å². The Kier molecular flexibility index (Phi) is 5.15. The third-order valence-corrected chi connectivity index (χ3v) is 3.53. The number of carboxylic acid groups (broad SMARTS) is 1. The molecule has 0 aliphatic carbocycles. The second kappa shape index (κ2) is 6.17. The molecule has 0 atom stereocenters. The van der Waals surface area contributed by atoms with Gasteiger partial charge in [-0.1, -0.05) is 0 Å². The first-order chi connectivity index (χ1) is 7.89. The highest BCUT2D eigenvalue weighted by molar-refractivity contribution is 7.07. The monoisotopic (exact) mass is 255 g/mol. The minimum absolute atomic E-state index is 0.0193. The molecule has 1 heterocycles. The van der Waals surface area contributed by atoms with Crippen LogP contribution in [0.4, 0.5) is 0 Å². The van der Waals surface area contributed by atoms with E-state index in [4.69, 9.17) is 5.11 Å². The third-order valence-electron chi connectivity index (χ3n) is 2.79. The van der Waals surface area contributed by atoms with E-state index in [1.165, 1.54) is 5.56 Å². The van der Waals surface area contributed by atoms with Crippen molar-refractivity contribution in [3.8, 4) is 0 Å². The van der Waals surface area contributed by atoms with Crippen molar-refractivity contribution in [2.24, 2.45) is 0 Å². The Bertz CT molecular complexity index is 341. The van der Waals surface area contributed by atoms with Crippen molar-refractivity contribution in [3.63, 3.8) is 0 Å². The zero-order valence-corrected chi connectivity index (χ0v) is 11.6. The van der Waals surface area contributed by atoms with Gasteiger partial charge < -0.3 is 5.11 Å². The molecular weight excluding hydrogens is 234 g/mol. The summed E-state index contributed by atoms with van der Waals surface area (Å²) in [6, 6.07) is 2.13. The highest BCUT2D eigenvalue weighted by atomic mass is 32.1. The van der Waals surface area contributed by atoms with Crippen LogP contribution in [-0.2, 0) is 11.2 Å². The Morgan fingerprint density at radius 3 is 2.59 bits per heavy atom. The lowest BCUT2D eigenvalue weighted by atomic mass is 10.0. The molecule has 96 valence electrons. The minimum atomic E-state index is -0.727. The number of aliphatic carboxylic acids is 1. The second-order valence-electron chi connectivity index (χ2n) is 5.18. The topological polar surface area (TPSA) is 40.5 Å². The Morgan fingerprint density at radius 2 is 2.12 bits per heavy atom. The van der Waals surface area contributed by atoms with Crippen molar-refractivity contribution in [2.45, 2.75) is 39.2 Å². The molecule has 0 aromatic carbocycles. The predicted octanol–water partition coefficient (Wildman–Crippen LogP) is 2.87. The van der Waals surface area contributed by atoms with Gasteiger partial charge in [-0.15, -0.1) is 0 Å². The van der Waals surface area contributed by atoms with E-state index in [9.17, 15) is 4.79 Å². The summed E-state index contributed by atoms with van der Waals surface area (Å²) in [7, 11) is 0. The molecule has 0 fully saturated rings. The van der Waals surface area contributed by atoms with Crippen LogP contribution in [0, 0.1) is 0 Å². The van der Waals surface area contributed by atoms with E-state index in [0.717, 1.165) is 13.0 Å². The molecule has 0 amide bonds. The van der Waals surface area contributed by atoms with Gasteiger partial charge >= 0.3 is 5.97 Å². The molecule has 1 aromatic rings. The molecule has 0 saturated heterocycles. The maximum absolute atomic E-state index is 10.6. The number of hydrogen-bond donors (Lipinski definition) is 1. The highest BCUT2D eigenvalue weighted by Crippen LogP contribution is 2.15. The average Bonchev–Trinajstić information content (AvgIpc) is 2.67. The summed E-state index contributed by atoms with van der Waals surface area (Å²) in [4.78, 5) is 12.9. The zero-order chi connectivity index (χ0) is 12.9. The fourth-order valence-electron chi connectivity index (χ4n) is 1.71. The lowest BCUT2D eigenvalue weighted by molar-refractivity contribution is -0.137. The molecule has 0 bridgehead atoms. The van der Waals surface area contributed by atoms with Crippen molar-refractivity contribution in [1.82, 2.24) is 4.90 Å². The Balaban J connectivity index is 2.49. The summed E-state index contributed by atoms with van der Waals surface area (Å²) < 4.78 is 0. The number of nitrogens with zero attached hydrogens (tertiary/aromatic N) is 1. The van der Waals surface area contributed by atoms with E-state index in [2.05, 4.69) is 42.5 Å². The highest BCUT2D eigenvalue weighted by Gasteiger charge is 2.21. The van der Waals surface area contributed by atoms with Crippen LogP contribution in [0.15, 0.2) is 16.8 Å². The summed E-state index contributed by atoms with van der Waals surface area (Å²) in [5.41, 5.74) is 1.35. The maximum atomic E-state index is 10.6. The fraction of sp³-hybridized carbons (Fsp3) is 0.615. The number of carbonyl (C=O) groups is 1. The second-order valence-corrected chi connectivity index (χ2v) is 5.96. The summed E-state index contributed by atoms with van der Waals surface area (Å²) >= 11 is 1.70. The van der Waals surface area contributed by atoms with Gasteiger partial charge in [0.2, 0.25) is 0 Å². The standard InChI is InChI=1S/C13H21NO2S/c1-13(2,3)14(8-5-12(15)16)7-4-11-6-9-17-10-11/h6,9-10H,4-5,7-8H2,1-3H3,(H,15,16). The van der Waals surface area contributed by atoms with Crippen LogP contribution in [0.5, 0.6) is 0 Å². The van der Waals surface area contributed by atoms with Crippen molar-refractivity contribution in [1.29, 1.82) is 0 Å². The molecule has 0 radical (unpaired) electrons. The first kappa shape index (κ1) is 14.2. The summed E-state index contributed by atoms with van der Waals surface area (Å²) in [6.07, 6.45) is 1.20. The van der Waals surface area contributed by atoms with Crippen LogP contribution in [0.1, 0.15) is 32.8 Å². The van der Waals surface area contributed by atoms with Gasteiger partial charge in [0.15, 0.2) is 0 Å². The molecule has 0 spiro atoms. The van der Waals surface area contributed by atoms with Crippen molar-refractivity contribution < 1.29 is 9.90 Å². The zero-order valence-electron chi connectivity index (χ0n) is 10.8. The molecule has 1 N–H and O–H groups in total. The number of carboxylic acids is 1. The van der Waals surface area contributed by atoms with E-state index in [1.54, 1.807) is 11.3 Å². The molecule has 3 nitrogen and oxygen atoms in total. The van der Waals surface area contributed by atoms with Gasteiger partial charge in [0.1, 0.15) is 0 Å². The van der Waals surface area contributed by atoms with E-state index in [1.807, 2.05) is 0 Å². The molecule has 4 heteroatoms. The summed E-state index contributed by atoms with van der Waals surface area (Å²) in [5, 5.41) is 13.0. The molecule has 1 aromatic heterocycles. The molecule has 0 aliphatic rings. The lowest BCUT2D eigenvalue weighted by Crippen LogP contribution is -2.43. The fourth-order valence-corrected chi connectivity index (χ4v) is 2.42. The number of rotatable bonds is 6. The Labute approximate surface area is 107 Å². The molecule has 1 rings (SSSR count). The molecule has 0 saturated carbocycles. The largest absolute Gasteiger partial charge is 0.481 e. The first-order valence-corrected chi connectivity index (χ1v) is 6.82. The smallest absolute Gasteiger partial charge is 0.304 e. The lowest BCUT2D eigenvalue weighted by Gasteiger charge is -2.35. The van der Waals surface area contributed by atoms with Gasteiger partial charge in [0.05, 0.1) is 6.42 Å². The van der Waals surface area contributed by atoms with Gasteiger partial charge in [-0.3, -0.25) is 9.69 Å². The van der Waals surface area contributed by atoms with Gasteiger partial charge in [-0.2, -0.15) is 11.3 Å². The van der Waals surface area contributed by atoms with E-state index in [0.29, 0.717) is 6.54 Å². The van der Waals surface area contributed by atoms with Crippen LogP contribution < -0.4 is 0 Å². The number of hydrogen-bond acceptors (Lipinski definition) is 3. The Hall–Kier alpha value is -0.870. The van der Waals surface area contributed by atoms with Crippen LogP contribution in [-0.4, -0.2) is 34.6 Å². The van der Waals surface area contributed by atoms with E-state index in [-0.39, 0.29) is 12.0 Å². The van der Waals surface area contributed by atoms with Crippen molar-refractivity contribution >= 4 is 17.3 Å². The van der Waals surface area contributed by atoms with Crippen LogP contribution in [0.25, 0.3) is 0 Å². The third kappa shape index (κ3) is 5.33. The van der Waals surface area contributed by atoms with Gasteiger partial charge in [0.25, 0.3) is 0 Å². The van der Waals surface area contributed by atoms with Crippen molar-refractivity contribution in [3.05, 3.63) is 22.4 Å². The molecular formula is C13H21NO2S. The molecule has 0 aliphatic heterocycles. The van der Waals surface area contributed by atoms with Gasteiger partial charge in [-0.05, 0) is 49.6 Å². The minimum Gasteiger partial charge on any atom is -0.481 e. The van der Waals surface area contributed by atoms with Crippen LogP contribution >= 0.6 is 11.3 Å². The van der Waals surface area contributed by atoms with E-state index >= 15 is 0 Å². The van der Waals surface area contributed by atoms with Gasteiger partial charge in [-0.25, -0.2) is 0 Å². The molecule has 17 heavy (non-hydrogen) atoms. The van der Waals surface area contributed by atoms with Crippen LogP contribution in [0.2, 0.25) is 0 Å². The molecule has 0 unspecified atom stereocenters. The average molecular weight is 255 g/mol. The number of thiophene rings is 1. The van der Waals surface area contributed by atoms with Crippen molar-refractivity contribution in [2.75, 3.05) is 13.1 Å². The normalized spacial score (nSPS) is 12.0. The maximum Gasteiger partial charge on any atom is 0.304 e. The quantitative estimate of drug-likeness (QED) is 0.849. The van der Waals surface area contributed by atoms with Gasteiger partial charge in [0, 0.05) is 18.6 Å². The SMILES string of the molecule is CC(C)(C)N(CCC(=O)O)CCc1ccsc1.